The van der Waals surface area contributed by atoms with Gasteiger partial charge in [-0.05, 0) is 31.0 Å². The molecule has 2 nitrogen and oxygen atoms in total. The summed E-state index contributed by atoms with van der Waals surface area (Å²) in [5.41, 5.74) is 8.84. The molecule has 0 fully saturated rings. The summed E-state index contributed by atoms with van der Waals surface area (Å²) in [5.74, 6) is -0.234. The van der Waals surface area contributed by atoms with Crippen molar-refractivity contribution < 1.29 is 4.39 Å². The zero-order valence-corrected chi connectivity index (χ0v) is 10.8. The topological polar surface area (TPSA) is 38.0 Å². The molecule has 2 rings (SSSR count). The molecule has 1 aromatic rings. The van der Waals surface area contributed by atoms with Crippen LogP contribution in [0.1, 0.15) is 18.9 Å². The molecule has 96 valence electrons. The van der Waals surface area contributed by atoms with Crippen LogP contribution in [0, 0.1) is 5.82 Å². The first kappa shape index (κ1) is 12.8. The molecule has 1 aromatic carbocycles. The molecule has 0 amide bonds. The third-order valence-electron chi connectivity index (χ3n) is 3.61. The lowest BCUT2D eigenvalue weighted by Gasteiger charge is -2.33. The maximum absolute atomic E-state index is 13.3. The summed E-state index contributed by atoms with van der Waals surface area (Å²) >= 11 is 0. The lowest BCUT2D eigenvalue weighted by atomic mass is 9.74. The number of anilines is 1. The summed E-state index contributed by atoms with van der Waals surface area (Å²) in [6, 6.07) is 4.84. The summed E-state index contributed by atoms with van der Waals surface area (Å²) in [7, 11) is 1.80. The van der Waals surface area contributed by atoms with Crippen molar-refractivity contribution in [2.45, 2.75) is 18.8 Å². The molecule has 0 spiro atoms. The van der Waals surface area contributed by atoms with Gasteiger partial charge in [-0.2, -0.15) is 0 Å². The van der Waals surface area contributed by atoms with Gasteiger partial charge >= 0.3 is 0 Å². The van der Waals surface area contributed by atoms with Gasteiger partial charge in [0, 0.05) is 24.7 Å². The molecule has 0 bridgehead atoms. The van der Waals surface area contributed by atoms with Crippen LogP contribution in [0.15, 0.2) is 42.0 Å². The fourth-order valence-electron chi connectivity index (χ4n) is 2.39. The molecule has 1 unspecified atom stereocenters. The molecule has 0 aromatic heterocycles. The molecule has 3 heteroatoms. The van der Waals surface area contributed by atoms with Crippen molar-refractivity contribution in [1.82, 2.24) is 0 Å². The zero-order chi connectivity index (χ0) is 13.2. The lowest BCUT2D eigenvalue weighted by molar-refractivity contribution is 0.546. The van der Waals surface area contributed by atoms with E-state index in [1.165, 1.54) is 17.7 Å². The maximum atomic E-state index is 13.3. The average Bonchev–Trinajstić information content (AvgIpc) is 2.40. The summed E-state index contributed by atoms with van der Waals surface area (Å²) in [6.07, 6.45) is 7.25. The van der Waals surface area contributed by atoms with E-state index in [4.69, 9.17) is 5.73 Å². The Labute approximate surface area is 107 Å². The molecular formula is C15H19FN2. The maximum Gasteiger partial charge on any atom is 0.125 e. The van der Waals surface area contributed by atoms with E-state index in [1.54, 1.807) is 7.05 Å². The summed E-state index contributed by atoms with van der Waals surface area (Å²) in [4.78, 5) is 0. The Morgan fingerprint density at radius 1 is 1.44 bits per heavy atom. The average molecular weight is 246 g/mol. The highest BCUT2D eigenvalue weighted by molar-refractivity contribution is 5.57. The Morgan fingerprint density at radius 2 is 2.22 bits per heavy atom. The Morgan fingerprint density at radius 3 is 2.78 bits per heavy atom. The van der Waals surface area contributed by atoms with Gasteiger partial charge in [0.2, 0.25) is 0 Å². The monoisotopic (exact) mass is 246 g/mol. The van der Waals surface area contributed by atoms with E-state index in [2.05, 4.69) is 30.5 Å². The molecule has 0 saturated heterocycles. The zero-order valence-electron chi connectivity index (χ0n) is 10.8. The van der Waals surface area contributed by atoms with Crippen LogP contribution in [0.5, 0.6) is 0 Å². The van der Waals surface area contributed by atoms with Gasteiger partial charge in [-0.3, -0.25) is 0 Å². The normalized spacial score (nSPS) is 22.8. The van der Waals surface area contributed by atoms with Crippen molar-refractivity contribution in [3.8, 4) is 0 Å². The third kappa shape index (κ3) is 2.18. The van der Waals surface area contributed by atoms with E-state index in [-0.39, 0.29) is 11.2 Å². The van der Waals surface area contributed by atoms with Crippen LogP contribution in [0.3, 0.4) is 0 Å². The van der Waals surface area contributed by atoms with Gasteiger partial charge in [-0.15, -0.1) is 0 Å². The van der Waals surface area contributed by atoms with Gasteiger partial charge in [0.05, 0.1) is 0 Å². The van der Waals surface area contributed by atoms with Crippen LogP contribution in [0.4, 0.5) is 10.1 Å². The first-order chi connectivity index (χ1) is 8.61. The van der Waals surface area contributed by atoms with E-state index >= 15 is 0 Å². The second-order valence-electron chi connectivity index (χ2n) is 4.79. The lowest BCUT2D eigenvalue weighted by Crippen LogP contribution is -2.34. The number of halogens is 1. The van der Waals surface area contributed by atoms with Crippen LogP contribution in [0.25, 0.3) is 0 Å². The highest BCUT2D eigenvalue weighted by atomic mass is 19.1. The van der Waals surface area contributed by atoms with Crippen molar-refractivity contribution in [2.24, 2.45) is 5.73 Å². The van der Waals surface area contributed by atoms with Crippen LogP contribution in [0.2, 0.25) is 0 Å². The first-order valence-corrected chi connectivity index (χ1v) is 6.15. The number of nitrogens with one attached hydrogen (secondary N) is 1. The Bertz CT molecular complexity index is 505. The molecular weight excluding hydrogens is 227 g/mol. The fraction of sp³-hybridized carbons (Fsp3) is 0.333. The predicted molar refractivity (Wildman–Crippen MR) is 74.2 cm³/mol. The van der Waals surface area contributed by atoms with Gasteiger partial charge in [0.1, 0.15) is 5.82 Å². The van der Waals surface area contributed by atoms with Gasteiger partial charge in [0.25, 0.3) is 0 Å². The Balaban J connectivity index is 2.49. The Hall–Kier alpha value is -1.61. The van der Waals surface area contributed by atoms with E-state index in [0.717, 1.165) is 17.7 Å². The minimum atomic E-state index is -0.234. The van der Waals surface area contributed by atoms with Crippen LogP contribution in [-0.2, 0) is 5.41 Å². The smallest absolute Gasteiger partial charge is 0.125 e. The van der Waals surface area contributed by atoms with Crippen molar-refractivity contribution >= 4 is 5.69 Å². The van der Waals surface area contributed by atoms with Gasteiger partial charge in [-0.25, -0.2) is 4.39 Å². The van der Waals surface area contributed by atoms with Crippen LogP contribution in [-0.4, -0.2) is 13.6 Å². The largest absolute Gasteiger partial charge is 0.388 e. The van der Waals surface area contributed by atoms with Crippen LogP contribution < -0.4 is 11.1 Å². The summed E-state index contributed by atoms with van der Waals surface area (Å²) in [6.45, 7) is 2.58. The van der Waals surface area contributed by atoms with Crippen molar-refractivity contribution in [2.75, 3.05) is 18.9 Å². The number of hydrogen-bond donors (Lipinski definition) is 2. The molecule has 0 heterocycles. The highest BCUT2D eigenvalue weighted by Gasteiger charge is 2.30. The highest BCUT2D eigenvalue weighted by Crippen LogP contribution is 2.37. The van der Waals surface area contributed by atoms with Crippen molar-refractivity contribution in [3.63, 3.8) is 0 Å². The number of hydrogen-bond acceptors (Lipinski definition) is 2. The number of allylic oxidation sites excluding steroid dienone is 3. The summed E-state index contributed by atoms with van der Waals surface area (Å²) in [5, 5.41) is 3.05. The third-order valence-corrected chi connectivity index (χ3v) is 3.61. The standard InChI is InChI=1S/C15H19FN2/c1-11-5-7-15(10-17,8-6-11)13-4-3-12(16)9-14(13)18-2/h3-7,9,18H,8,10,17H2,1-2H3. The fourth-order valence-corrected chi connectivity index (χ4v) is 2.39. The molecule has 0 saturated carbocycles. The quantitative estimate of drug-likeness (QED) is 0.860. The predicted octanol–water partition coefficient (Wildman–Crippen LogP) is 2.97. The summed E-state index contributed by atoms with van der Waals surface area (Å²) < 4.78 is 13.3. The molecule has 1 atom stereocenters. The second-order valence-corrected chi connectivity index (χ2v) is 4.79. The second kappa shape index (κ2) is 4.94. The molecule has 3 N–H and O–H groups in total. The van der Waals surface area contributed by atoms with E-state index in [9.17, 15) is 4.39 Å². The van der Waals surface area contributed by atoms with Crippen molar-refractivity contribution in [1.29, 1.82) is 0 Å². The first-order valence-electron chi connectivity index (χ1n) is 6.15. The molecule has 1 aliphatic rings. The molecule has 1 aliphatic carbocycles. The Kier molecular flexibility index (Phi) is 3.53. The van der Waals surface area contributed by atoms with E-state index < -0.39 is 0 Å². The number of rotatable bonds is 3. The minimum absolute atomic E-state index is 0.231. The van der Waals surface area contributed by atoms with E-state index in [0.29, 0.717) is 6.54 Å². The molecule has 18 heavy (non-hydrogen) atoms. The number of benzene rings is 1. The van der Waals surface area contributed by atoms with Crippen LogP contribution >= 0.6 is 0 Å². The van der Waals surface area contributed by atoms with E-state index in [1.807, 2.05) is 6.07 Å². The SMILES string of the molecule is CNc1cc(F)ccc1C1(CN)C=CC(C)=CC1. The van der Waals surface area contributed by atoms with Gasteiger partial charge < -0.3 is 11.1 Å². The van der Waals surface area contributed by atoms with Gasteiger partial charge in [-0.1, -0.05) is 29.9 Å². The minimum Gasteiger partial charge on any atom is -0.388 e. The van der Waals surface area contributed by atoms with Crippen molar-refractivity contribution in [3.05, 3.63) is 53.4 Å². The molecule has 0 radical (unpaired) electrons. The number of nitrogens with two attached hydrogens (primary N) is 1. The molecule has 0 aliphatic heterocycles. The van der Waals surface area contributed by atoms with Gasteiger partial charge in [0.15, 0.2) is 0 Å².